The lowest BCUT2D eigenvalue weighted by Crippen LogP contribution is -2.32. The van der Waals surface area contributed by atoms with Gasteiger partial charge in [0, 0.05) is 31.0 Å². The summed E-state index contributed by atoms with van der Waals surface area (Å²) < 4.78 is 39.2. The summed E-state index contributed by atoms with van der Waals surface area (Å²) in [5, 5.41) is 0. The molecule has 0 atom stereocenters. The van der Waals surface area contributed by atoms with E-state index in [1.54, 1.807) is 49.2 Å². The first-order valence-corrected chi connectivity index (χ1v) is 11.8. The van der Waals surface area contributed by atoms with Crippen LogP contribution in [0.3, 0.4) is 0 Å². The lowest BCUT2D eigenvalue weighted by atomic mass is 9.67. The number of benzene rings is 1. The van der Waals surface area contributed by atoms with Gasteiger partial charge in [0.2, 0.25) is 10.0 Å². The number of rotatable bonds is 7. The standard InChI is InChI=1S/C24H21FN4O2S/c1-32(30,31)29-23-11-6-18(15-28-23)14-24(20-4-2-12-26-16-20,21-5-3-13-27-17-21)19-7-9-22(25)10-8-19/h2-13,15-17H,14H2,1H3,(H,28,29). The van der Waals surface area contributed by atoms with Gasteiger partial charge in [-0.1, -0.05) is 30.3 Å². The number of sulfonamides is 1. The fourth-order valence-corrected chi connectivity index (χ4v) is 4.36. The molecule has 0 aliphatic carbocycles. The van der Waals surface area contributed by atoms with Crippen LogP contribution < -0.4 is 4.72 Å². The number of halogens is 1. The molecule has 0 radical (unpaired) electrons. The molecule has 1 N–H and O–H groups in total. The lowest BCUT2D eigenvalue weighted by Gasteiger charge is -2.35. The Morgan fingerprint density at radius 1 is 0.844 bits per heavy atom. The number of anilines is 1. The summed E-state index contributed by atoms with van der Waals surface area (Å²) >= 11 is 0. The average molecular weight is 449 g/mol. The SMILES string of the molecule is CS(=O)(=O)Nc1ccc(CC(c2ccc(F)cc2)(c2cccnc2)c2cccnc2)cn1. The summed E-state index contributed by atoms with van der Waals surface area (Å²) in [6.07, 6.45) is 10.2. The van der Waals surface area contributed by atoms with Gasteiger partial charge in [-0.2, -0.15) is 0 Å². The molecular formula is C24H21FN4O2S. The Morgan fingerprint density at radius 3 is 1.94 bits per heavy atom. The molecule has 0 bridgehead atoms. The van der Waals surface area contributed by atoms with E-state index in [9.17, 15) is 12.8 Å². The Bertz CT molecular complexity index is 1240. The van der Waals surface area contributed by atoms with Crippen molar-refractivity contribution in [3.05, 3.63) is 120 Å². The molecule has 0 spiro atoms. The van der Waals surface area contributed by atoms with Crippen LogP contribution >= 0.6 is 0 Å². The lowest BCUT2D eigenvalue weighted by molar-refractivity contribution is 0.596. The highest BCUT2D eigenvalue weighted by Gasteiger charge is 2.37. The average Bonchev–Trinajstić information content (AvgIpc) is 2.79. The van der Waals surface area contributed by atoms with Gasteiger partial charge < -0.3 is 0 Å². The molecule has 0 amide bonds. The van der Waals surface area contributed by atoms with Gasteiger partial charge >= 0.3 is 0 Å². The van der Waals surface area contributed by atoms with Crippen LogP contribution in [0.1, 0.15) is 22.3 Å². The summed E-state index contributed by atoms with van der Waals surface area (Å²) in [5.74, 6) is -0.0794. The maximum Gasteiger partial charge on any atom is 0.230 e. The second-order valence-electron chi connectivity index (χ2n) is 7.50. The fourth-order valence-electron chi connectivity index (χ4n) is 3.86. The van der Waals surface area contributed by atoms with Gasteiger partial charge in [-0.25, -0.2) is 17.8 Å². The monoisotopic (exact) mass is 448 g/mol. The Labute approximate surface area is 186 Å². The number of nitrogens with one attached hydrogen (secondary N) is 1. The summed E-state index contributed by atoms with van der Waals surface area (Å²) in [5.41, 5.74) is 2.85. The zero-order valence-corrected chi connectivity index (χ0v) is 18.1. The highest BCUT2D eigenvalue weighted by Crippen LogP contribution is 2.41. The summed E-state index contributed by atoms with van der Waals surface area (Å²) in [6.45, 7) is 0. The molecule has 1 aromatic carbocycles. The molecule has 0 saturated carbocycles. The molecule has 32 heavy (non-hydrogen) atoms. The maximum absolute atomic E-state index is 13.8. The highest BCUT2D eigenvalue weighted by molar-refractivity contribution is 7.92. The molecule has 4 aromatic rings. The predicted octanol–water partition coefficient (Wildman–Crippen LogP) is 3.96. The van der Waals surface area contributed by atoms with Gasteiger partial charge in [-0.3, -0.25) is 14.7 Å². The van der Waals surface area contributed by atoms with Crippen LogP contribution in [0.4, 0.5) is 10.2 Å². The van der Waals surface area contributed by atoms with Gasteiger partial charge in [0.25, 0.3) is 0 Å². The zero-order valence-electron chi connectivity index (χ0n) is 17.3. The molecule has 0 aliphatic rings. The smallest absolute Gasteiger partial charge is 0.230 e. The van der Waals surface area contributed by atoms with Gasteiger partial charge in [0.05, 0.1) is 11.7 Å². The van der Waals surface area contributed by atoms with E-state index < -0.39 is 15.4 Å². The molecule has 0 unspecified atom stereocenters. The number of hydrogen-bond acceptors (Lipinski definition) is 5. The van der Waals surface area contributed by atoms with Crippen molar-refractivity contribution in [3.63, 3.8) is 0 Å². The quantitative estimate of drug-likeness (QED) is 0.463. The van der Waals surface area contributed by atoms with Crippen LogP contribution in [-0.4, -0.2) is 29.6 Å². The first-order chi connectivity index (χ1) is 15.4. The van der Waals surface area contributed by atoms with Crippen molar-refractivity contribution in [2.75, 3.05) is 11.0 Å². The number of hydrogen-bond donors (Lipinski definition) is 1. The van der Waals surface area contributed by atoms with E-state index in [2.05, 4.69) is 19.7 Å². The summed E-state index contributed by atoms with van der Waals surface area (Å²) in [4.78, 5) is 12.9. The van der Waals surface area contributed by atoms with Crippen molar-refractivity contribution in [2.45, 2.75) is 11.8 Å². The molecule has 8 heteroatoms. The molecule has 0 fully saturated rings. The predicted molar refractivity (Wildman–Crippen MR) is 121 cm³/mol. The summed E-state index contributed by atoms with van der Waals surface area (Å²) in [7, 11) is -3.42. The Kier molecular flexibility index (Phi) is 5.96. The number of nitrogens with zero attached hydrogens (tertiary/aromatic N) is 3. The van der Waals surface area contributed by atoms with E-state index in [1.807, 2.05) is 30.3 Å². The molecule has 4 rings (SSSR count). The minimum Gasteiger partial charge on any atom is -0.268 e. The first kappa shape index (κ1) is 21.6. The van der Waals surface area contributed by atoms with Crippen molar-refractivity contribution in [2.24, 2.45) is 0 Å². The molecular weight excluding hydrogens is 427 g/mol. The Morgan fingerprint density at radius 2 is 1.47 bits per heavy atom. The topological polar surface area (TPSA) is 84.8 Å². The second-order valence-corrected chi connectivity index (χ2v) is 9.25. The third kappa shape index (κ3) is 4.65. The molecule has 162 valence electrons. The summed E-state index contributed by atoms with van der Waals surface area (Å²) in [6, 6.07) is 17.5. The van der Waals surface area contributed by atoms with E-state index in [-0.39, 0.29) is 11.6 Å². The van der Waals surface area contributed by atoms with E-state index >= 15 is 0 Å². The van der Waals surface area contributed by atoms with Crippen LogP contribution in [-0.2, 0) is 21.9 Å². The van der Waals surface area contributed by atoms with Gasteiger partial charge in [0.15, 0.2) is 0 Å². The van der Waals surface area contributed by atoms with E-state index in [4.69, 9.17) is 0 Å². The number of pyridine rings is 3. The van der Waals surface area contributed by atoms with Gasteiger partial charge in [0.1, 0.15) is 11.6 Å². The highest BCUT2D eigenvalue weighted by atomic mass is 32.2. The van der Waals surface area contributed by atoms with Crippen LogP contribution in [0.5, 0.6) is 0 Å². The Balaban J connectivity index is 1.88. The van der Waals surface area contributed by atoms with E-state index in [0.29, 0.717) is 6.42 Å². The third-order valence-corrected chi connectivity index (χ3v) is 5.81. The van der Waals surface area contributed by atoms with Crippen molar-refractivity contribution < 1.29 is 12.8 Å². The Hall–Kier alpha value is -3.65. The maximum atomic E-state index is 13.8. The van der Waals surface area contributed by atoms with Crippen LogP contribution in [0.15, 0.2) is 91.6 Å². The minimum atomic E-state index is -3.42. The molecule has 3 aromatic heterocycles. The first-order valence-electron chi connectivity index (χ1n) is 9.87. The molecule has 0 aliphatic heterocycles. The number of aromatic nitrogens is 3. The van der Waals surface area contributed by atoms with E-state index in [1.165, 1.54) is 12.1 Å². The second kappa shape index (κ2) is 8.84. The fraction of sp³-hybridized carbons (Fsp3) is 0.125. The van der Waals surface area contributed by atoms with Crippen molar-refractivity contribution in [1.82, 2.24) is 15.0 Å². The van der Waals surface area contributed by atoms with Crippen molar-refractivity contribution >= 4 is 15.8 Å². The van der Waals surface area contributed by atoms with Crippen LogP contribution in [0.2, 0.25) is 0 Å². The van der Waals surface area contributed by atoms with Crippen molar-refractivity contribution in [1.29, 1.82) is 0 Å². The van der Waals surface area contributed by atoms with Gasteiger partial charge in [-0.05, 0) is 59.0 Å². The molecule has 0 saturated heterocycles. The van der Waals surface area contributed by atoms with Crippen molar-refractivity contribution in [3.8, 4) is 0 Å². The minimum absolute atomic E-state index is 0.242. The molecule has 6 nitrogen and oxygen atoms in total. The van der Waals surface area contributed by atoms with E-state index in [0.717, 1.165) is 28.5 Å². The third-order valence-electron chi connectivity index (χ3n) is 5.23. The van der Waals surface area contributed by atoms with Crippen LogP contribution in [0, 0.1) is 5.82 Å². The molecule has 3 heterocycles. The van der Waals surface area contributed by atoms with Crippen LogP contribution in [0.25, 0.3) is 0 Å². The normalized spacial score (nSPS) is 11.8. The van der Waals surface area contributed by atoms with Gasteiger partial charge in [-0.15, -0.1) is 0 Å². The zero-order chi connectivity index (χ0) is 22.6. The largest absolute Gasteiger partial charge is 0.268 e.